The molecule has 1 aliphatic rings. The minimum Gasteiger partial charge on any atom is -0.347 e. The average molecular weight is 393 g/mol. The molecule has 2 heterocycles. The van der Waals surface area contributed by atoms with Gasteiger partial charge in [-0.05, 0) is 43.5 Å². The lowest BCUT2D eigenvalue weighted by molar-refractivity contribution is 0.0942. The SMILES string of the molecule is Cc1c(S(=O)(=O)N2CCCCC2)cc(C(=O)NCc2ccc(F)cc2)n1C. The summed E-state index contributed by atoms with van der Waals surface area (Å²) in [6, 6.07) is 7.30. The zero-order valence-corrected chi connectivity index (χ0v) is 16.4. The molecule has 1 N–H and O–H groups in total. The fraction of sp³-hybridized carbons (Fsp3) is 0.421. The molecule has 0 bridgehead atoms. The molecule has 0 aliphatic carbocycles. The second-order valence-electron chi connectivity index (χ2n) is 6.81. The summed E-state index contributed by atoms with van der Waals surface area (Å²) in [6.45, 7) is 2.97. The summed E-state index contributed by atoms with van der Waals surface area (Å²) < 4.78 is 42.0. The Labute approximate surface area is 159 Å². The molecule has 0 unspecified atom stereocenters. The quantitative estimate of drug-likeness (QED) is 0.849. The molecule has 6 nitrogen and oxygen atoms in total. The van der Waals surface area contributed by atoms with Gasteiger partial charge in [-0.15, -0.1) is 0 Å². The first-order chi connectivity index (χ1) is 12.8. The van der Waals surface area contributed by atoms with Crippen molar-refractivity contribution in [3.63, 3.8) is 0 Å². The highest BCUT2D eigenvalue weighted by molar-refractivity contribution is 7.89. The number of hydrogen-bond donors (Lipinski definition) is 1. The zero-order chi connectivity index (χ0) is 19.6. The van der Waals surface area contributed by atoms with Crippen molar-refractivity contribution in [3.8, 4) is 0 Å². The van der Waals surface area contributed by atoms with Crippen LogP contribution >= 0.6 is 0 Å². The van der Waals surface area contributed by atoms with Gasteiger partial charge in [-0.25, -0.2) is 12.8 Å². The number of piperidine rings is 1. The lowest BCUT2D eigenvalue weighted by Crippen LogP contribution is -2.35. The van der Waals surface area contributed by atoms with Crippen LogP contribution in [0.4, 0.5) is 4.39 Å². The number of nitrogens with zero attached hydrogens (tertiary/aromatic N) is 2. The number of halogens is 1. The highest BCUT2D eigenvalue weighted by Crippen LogP contribution is 2.25. The number of carbonyl (C=O) groups excluding carboxylic acids is 1. The molecule has 0 spiro atoms. The van der Waals surface area contributed by atoms with E-state index in [2.05, 4.69) is 5.32 Å². The summed E-state index contributed by atoms with van der Waals surface area (Å²) in [7, 11) is -1.93. The largest absolute Gasteiger partial charge is 0.347 e. The van der Waals surface area contributed by atoms with Crippen LogP contribution in [0.2, 0.25) is 0 Å². The third kappa shape index (κ3) is 4.06. The number of nitrogens with one attached hydrogen (secondary N) is 1. The molecular formula is C19H24FN3O3S. The van der Waals surface area contributed by atoms with Crippen molar-refractivity contribution in [2.45, 2.75) is 37.6 Å². The van der Waals surface area contributed by atoms with Crippen LogP contribution in [0.3, 0.4) is 0 Å². The van der Waals surface area contributed by atoms with E-state index in [9.17, 15) is 17.6 Å². The summed E-state index contributed by atoms with van der Waals surface area (Å²) in [6.07, 6.45) is 2.75. The number of hydrogen-bond acceptors (Lipinski definition) is 3. The summed E-state index contributed by atoms with van der Waals surface area (Å²) in [4.78, 5) is 12.7. The second-order valence-corrected chi connectivity index (χ2v) is 8.72. The van der Waals surface area contributed by atoms with Crippen LogP contribution < -0.4 is 5.32 Å². The third-order valence-corrected chi connectivity index (χ3v) is 7.03. The number of aromatic nitrogens is 1. The van der Waals surface area contributed by atoms with Crippen molar-refractivity contribution in [1.82, 2.24) is 14.2 Å². The molecule has 1 amide bonds. The molecule has 0 saturated carbocycles. The molecule has 1 aromatic heterocycles. The summed E-state index contributed by atoms with van der Waals surface area (Å²) in [5.74, 6) is -0.708. The van der Waals surface area contributed by atoms with Crippen LogP contribution in [0.1, 0.15) is 41.0 Å². The minimum atomic E-state index is -3.61. The average Bonchev–Trinajstić information content (AvgIpc) is 2.97. The Morgan fingerprint density at radius 2 is 1.78 bits per heavy atom. The molecule has 1 aliphatic heterocycles. The number of sulfonamides is 1. The standard InChI is InChI=1S/C19H24FN3O3S/c1-14-18(27(25,26)23-10-4-3-5-11-23)12-17(22(14)2)19(24)21-13-15-6-8-16(20)9-7-15/h6-9,12H,3-5,10-11,13H2,1-2H3,(H,21,24). The van der Waals surface area contributed by atoms with Crippen LogP contribution in [-0.2, 0) is 23.6 Å². The van der Waals surface area contributed by atoms with Crippen molar-refractivity contribution in [1.29, 1.82) is 0 Å². The maximum absolute atomic E-state index is 13.0. The zero-order valence-electron chi connectivity index (χ0n) is 15.5. The molecule has 0 radical (unpaired) electrons. The molecule has 8 heteroatoms. The number of carbonyl (C=O) groups is 1. The van der Waals surface area contributed by atoms with Crippen LogP contribution in [0.25, 0.3) is 0 Å². The Bertz CT molecular complexity index is 930. The molecule has 2 aromatic rings. The summed E-state index contributed by atoms with van der Waals surface area (Å²) in [5, 5.41) is 2.76. The van der Waals surface area contributed by atoms with Crippen LogP contribution in [-0.4, -0.2) is 36.3 Å². The second kappa shape index (κ2) is 7.82. The molecular weight excluding hydrogens is 369 g/mol. The van der Waals surface area contributed by atoms with Gasteiger partial charge in [0.2, 0.25) is 10.0 Å². The molecule has 1 fully saturated rings. The van der Waals surface area contributed by atoms with Gasteiger partial charge < -0.3 is 9.88 Å². The highest BCUT2D eigenvalue weighted by atomic mass is 32.2. The van der Waals surface area contributed by atoms with E-state index in [0.717, 1.165) is 24.8 Å². The predicted molar refractivity (Wildman–Crippen MR) is 100 cm³/mol. The van der Waals surface area contributed by atoms with Crippen LogP contribution in [0.5, 0.6) is 0 Å². The van der Waals surface area contributed by atoms with E-state index >= 15 is 0 Å². The Hall–Kier alpha value is -2.19. The Kier molecular flexibility index (Phi) is 5.67. The van der Waals surface area contributed by atoms with Gasteiger partial charge in [0.15, 0.2) is 0 Å². The van der Waals surface area contributed by atoms with E-state index in [-0.39, 0.29) is 28.9 Å². The first-order valence-corrected chi connectivity index (χ1v) is 10.4. The maximum Gasteiger partial charge on any atom is 0.268 e. The molecule has 0 atom stereocenters. The molecule has 27 heavy (non-hydrogen) atoms. The fourth-order valence-electron chi connectivity index (χ4n) is 3.27. The number of rotatable bonds is 5. The van der Waals surface area contributed by atoms with Crippen molar-refractivity contribution in [3.05, 3.63) is 53.1 Å². The van der Waals surface area contributed by atoms with Crippen LogP contribution in [0, 0.1) is 12.7 Å². The van der Waals surface area contributed by atoms with Crippen LogP contribution in [0.15, 0.2) is 35.2 Å². The van der Waals surface area contributed by atoms with Crippen molar-refractivity contribution >= 4 is 15.9 Å². The lowest BCUT2D eigenvalue weighted by Gasteiger charge is -2.25. The summed E-state index contributed by atoms with van der Waals surface area (Å²) >= 11 is 0. The first kappa shape index (κ1) is 19.6. The fourth-order valence-corrected chi connectivity index (χ4v) is 5.06. The van der Waals surface area contributed by atoms with E-state index < -0.39 is 10.0 Å². The molecule has 1 aromatic carbocycles. The van der Waals surface area contributed by atoms with Gasteiger partial charge in [0, 0.05) is 32.4 Å². The third-order valence-electron chi connectivity index (χ3n) is 5.02. The van der Waals surface area contributed by atoms with E-state index in [1.165, 1.54) is 22.5 Å². The van der Waals surface area contributed by atoms with Gasteiger partial charge in [-0.3, -0.25) is 4.79 Å². The Balaban J connectivity index is 1.79. The maximum atomic E-state index is 13.0. The van der Waals surface area contributed by atoms with E-state index in [4.69, 9.17) is 0 Å². The van der Waals surface area contributed by atoms with E-state index in [1.807, 2.05) is 0 Å². The number of benzene rings is 1. The highest BCUT2D eigenvalue weighted by Gasteiger charge is 2.30. The normalized spacial score (nSPS) is 15.7. The monoisotopic (exact) mass is 393 g/mol. The lowest BCUT2D eigenvalue weighted by atomic mass is 10.2. The van der Waals surface area contributed by atoms with Crippen molar-refractivity contribution in [2.75, 3.05) is 13.1 Å². The Morgan fingerprint density at radius 1 is 1.15 bits per heavy atom. The molecule has 1 saturated heterocycles. The van der Waals surface area contributed by atoms with Gasteiger partial charge >= 0.3 is 0 Å². The van der Waals surface area contributed by atoms with E-state index in [1.54, 1.807) is 30.7 Å². The predicted octanol–water partition coefficient (Wildman–Crippen LogP) is 2.58. The van der Waals surface area contributed by atoms with Crippen molar-refractivity contribution < 1.29 is 17.6 Å². The van der Waals surface area contributed by atoms with Gasteiger partial charge in [-0.1, -0.05) is 18.6 Å². The van der Waals surface area contributed by atoms with Gasteiger partial charge in [0.1, 0.15) is 16.4 Å². The van der Waals surface area contributed by atoms with E-state index in [0.29, 0.717) is 18.8 Å². The minimum absolute atomic E-state index is 0.179. The molecule has 3 rings (SSSR count). The summed E-state index contributed by atoms with van der Waals surface area (Å²) in [5.41, 5.74) is 1.58. The van der Waals surface area contributed by atoms with Gasteiger partial charge in [0.25, 0.3) is 5.91 Å². The topological polar surface area (TPSA) is 71.4 Å². The Morgan fingerprint density at radius 3 is 2.41 bits per heavy atom. The smallest absolute Gasteiger partial charge is 0.268 e. The van der Waals surface area contributed by atoms with Crippen molar-refractivity contribution in [2.24, 2.45) is 7.05 Å². The first-order valence-electron chi connectivity index (χ1n) is 9.00. The van der Waals surface area contributed by atoms with Gasteiger partial charge in [0.05, 0.1) is 0 Å². The molecule has 146 valence electrons. The number of amides is 1. The van der Waals surface area contributed by atoms with Gasteiger partial charge in [-0.2, -0.15) is 4.31 Å².